The van der Waals surface area contributed by atoms with Gasteiger partial charge in [0.2, 0.25) is 5.91 Å². The number of rotatable bonds is 5. The van der Waals surface area contributed by atoms with Crippen molar-refractivity contribution in [1.82, 2.24) is 5.32 Å². The number of hydrogen-bond donors (Lipinski definition) is 2. The van der Waals surface area contributed by atoms with Crippen molar-refractivity contribution in [2.45, 2.75) is 19.4 Å². The molecule has 1 aromatic carbocycles. The molecular formula is C11H14ClFN2O. The summed E-state index contributed by atoms with van der Waals surface area (Å²) in [6, 6.07) is 3.23. The molecule has 3 nitrogen and oxygen atoms in total. The number of nitrogens with two attached hydrogens (primary N) is 1. The van der Waals surface area contributed by atoms with E-state index < -0.39 is 17.8 Å². The van der Waals surface area contributed by atoms with Crippen LogP contribution in [-0.4, -0.2) is 12.5 Å². The Morgan fingerprint density at radius 3 is 2.88 bits per heavy atom. The number of carbonyl (C=O) groups excluding carboxylic acids is 1. The van der Waals surface area contributed by atoms with Crippen LogP contribution in [0.3, 0.4) is 0 Å². The van der Waals surface area contributed by atoms with Crippen LogP contribution in [0.25, 0.3) is 0 Å². The maximum absolute atomic E-state index is 13.5. The van der Waals surface area contributed by atoms with Gasteiger partial charge in [-0.2, -0.15) is 0 Å². The molecule has 0 spiro atoms. The monoisotopic (exact) mass is 244 g/mol. The fourth-order valence-electron chi connectivity index (χ4n) is 1.39. The molecular weight excluding hydrogens is 231 g/mol. The molecule has 0 fully saturated rings. The SMILES string of the molecule is CCCNC(C(N)=O)c1cc(Cl)ccc1F. The van der Waals surface area contributed by atoms with Gasteiger partial charge >= 0.3 is 0 Å². The lowest BCUT2D eigenvalue weighted by atomic mass is 10.1. The highest BCUT2D eigenvalue weighted by Gasteiger charge is 2.20. The summed E-state index contributed by atoms with van der Waals surface area (Å²) in [6.45, 7) is 2.53. The maximum atomic E-state index is 13.5. The third-order valence-electron chi connectivity index (χ3n) is 2.15. The first kappa shape index (κ1) is 12.9. The van der Waals surface area contributed by atoms with E-state index in [2.05, 4.69) is 5.32 Å². The van der Waals surface area contributed by atoms with Gasteiger partial charge in [0.05, 0.1) is 0 Å². The van der Waals surface area contributed by atoms with Crippen LogP contribution in [0.15, 0.2) is 18.2 Å². The first-order valence-corrected chi connectivity index (χ1v) is 5.41. The van der Waals surface area contributed by atoms with Crippen LogP contribution in [-0.2, 0) is 4.79 Å². The zero-order valence-electron chi connectivity index (χ0n) is 8.97. The maximum Gasteiger partial charge on any atom is 0.239 e. The van der Waals surface area contributed by atoms with Gasteiger partial charge in [0, 0.05) is 10.6 Å². The highest BCUT2D eigenvalue weighted by Crippen LogP contribution is 2.21. The Morgan fingerprint density at radius 2 is 2.31 bits per heavy atom. The Balaban J connectivity index is 3.00. The Morgan fingerprint density at radius 1 is 1.62 bits per heavy atom. The average Bonchev–Trinajstić information content (AvgIpc) is 2.23. The van der Waals surface area contributed by atoms with Crippen LogP contribution < -0.4 is 11.1 Å². The van der Waals surface area contributed by atoms with Crippen molar-refractivity contribution >= 4 is 17.5 Å². The van der Waals surface area contributed by atoms with Crippen LogP contribution in [0.2, 0.25) is 5.02 Å². The fourth-order valence-corrected chi connectivity index (χ4v) is 1.57. The van der Waals surface area contributed by atoms with Crippen molar-refractivity contribution in [3.63, 3.8) is 0 Å². The van der Waals surface area contributed by atoms with Gasteiger partial charge in [-0.1, -0.05) is 18.5 Å². The highest BCUT2D eigenvalue weighted by molar-refractivity contribution is 6.30. The van der Waals surface area contributed by atoms with Crippen LogP contribution in [0, 0.1) is 5.82 Å². The van der Waals surface area contributed by atoms with E-state index in [-0.39, 0.29) is 5.56 Å². The highest BCUT2D eigenvalue weighted by atomic mass is 35.5. The molecule has 1 amide bonds. The van der Waals surface area contributed by atoms with Gasteiger partial charge in [-0.15, -0.1) is 0 Å². The number of benzene rings is 1. The average molecular weight is 245 g/mol. The Labute approximate surface area is 98.8 Å². The summed E-state index contributed by atoms with van der Waals surface area (Å²) in [6.07, 6.45) is 0.825. The van der Waals surface area contributed by atoms with Crippen LogP contribution in [0.1, 0.15) is 24.9 Å². The minimum Gasteiger partial charge on any atom is -0.368 e. The van der Waals surface area contributed by atoms with Gasteiger partial charge < -0.3 is 11.1 Å². The lowest BCUT2D eigenvalue weighted by Crippen LogP contribution is -2.34. The van der Waals surface area contributed by atoms with Crippen LogP contribution in [0.5, 0.6) is 0 Å². The predicted molar refractivity (Wildman–Crippen MR) is 61.6 cm³/mol. The molecule has 1 aromatic rings. The standard InChI is InChI=1S/C11H14ClFN2O/c1-2-5-15-10(11(14)16)8-6-7(12)3-4-9(8)13/h3-4,6,10,15H,2,5H2,1H3,(H2,14,16). The first-order valence-electron chi connectivity index (χ1n) is 5.04. The molecule has 1 rings (SSSR count). The van der Waals surface area contributed by atoms with Gasteiger partial charge in [-0.3, -0.25) is 4.79 Å². The summed E-state index contributed by atoms with van der Waals surface area (Å²) < 4.78 is 13.5. The molecule has 1 unspecified atom stereocenters. The largest absolute Gasteiger partial charge is 0.368 e. The van der Waals surface area contributed by atoms with Gasteiger partial charge in [0.25, 0.3) is 0 Å². The lowest BCUT2D eigenvalue weighted by molar-refractivity contribution is -0.120. The second kappa shape index (κ2) is 5.82. The van der Waals surface area contributed by atoms with Crippen LogP contribution in [0.4, 0.5) is 4.39 Å². The predicted octanol–water partition coefficient (Wildman–Crippen LogP) is 2.01. The lowest BCUT2D eigenvalue weighted by Gasteiger charge is -2.16. The second-order valence-corrected chi connectivity index (χ2v) is 3.89. The van der Waals surface area contributed by atoms with Crippen molar-refractivity contribution in [3.05, 3.63) is 34.6 Å². The smallest absolute Gasteiger partial charge is 0.239 e. The number of halogens is 2. The molecule has 0 aliphatic rings. The van der Waals surface area contributed by atoms with Gasteiger partial charge in [0.1, 0.15) is 11.9 Å². The molecule has 0 heterocycles. The van der Waals surface area contributed by atoms with Crippen molar-refractivity contribution in [3.8, 4) is 0 Å². The Bertz CT molecular complexity index is 384. The van der Waals surface area contributed by atoms with Gasteiger partial charge in [0.15, 0.2) is 0 Å². The summed E-state index contributed by atoms with van der Waals surface area (Å²) in [5.74, 6) is -1.11. The zero-order chi connectivity index (χ0) is 12.1. The van der Waals surface area contributed by atoms with E-state index in [1.165, 1.54) is 18.2 Å². The van der Waals surface area contributed by atoms with E-state index in [1.807, 2.05) is 6.92 Å². The Hall–Kier alpha value is -1.13. The van der Waals surface area contributed by atoms with Crippen molar-refractivity contribution < 1.29 is 9.18 Å². The van der Waals surface area contributed by atoms with E-state index in [9.17, 15) is 9.18 Å². The third kappa shape index (κ3) is 3.18. The van der Waals surface area contributed by atoms with E-state index in [0.29, 0.717) is 11.6 Å². The molecule has 3 N–H and O–H groups in total. The normalized spacial score (nSPS) is 12.4. The van der Waals surface area contributed by atoms with Gasteiger partial charge in [-0.25, -0.2) is 4.39 Å². The van der Waals surface area contributed by atoms with Crippen molar-refractivity contribution in [2.24, 2.45) is 5.73 Å². The van der Waals surface area contributed by atoms with Crippen molar-refractivity contribution in [2.75, 3.05) is 6.54 Å². The first-order chi connectivity index (χ1) is 7.56. The summed E-state index contributed by atoms with van der Waals surface area (Å²) in [4.78, 5) is 11.2. The molecule has 0 aliphatic carbocycles. The molecule has 0 bridgehead atoms. The molecule has 0 aromatic heterocycles. The Kier molecular flexibility index (Phi) is 4.71. The number of hydrogen-bond acceptors (Lipinski definition) is 2. The molecule has 1 atom stereocenters. The molecule has 0 saturated heterocycles. The summed E-state index contributed by atoms with van der Waals surface area (Å²) in [5, 5.41) is 3.26. The van der Waals surface area contributed by atoms with E-state index >= 15 is 0 Å². The second-order valence-electron chi connectivity index (χ2n) is 3.46. The summed E-state index contributed by atoms with van der Waals surface area (Å²) in [7, 11) is 0. The molecule has 0 saturated carbocycles. The van der Waals surface area contributed by atoms with E-state index in [1.54, 1.807) is 0 Å². The quantitative estimate of drug-likeness (QED) is 0.833. The minimum atomic E-state index is -0.835. The zero-order valence-corrected chi connectivity index (χ0v) is 9.72. The topological polar surface area (TPSA) is 55.1 Å². The molecule has 88 valence electrons. The van der Waals surface area contributed by atoms with Crippen LogP contribution >= 0.6 is 11.6 Å². The van der Waals surface area contributed by atoms with Gasteiger partial charge in [-0.05, 0) is 31.2 Å². The number of nitrogens with one attached hydrogen (secondary N) is 1. The minimum absolute atomic E-state index is 0.188. The number of amides is 1. The summed E-state index contributed by atoms with van der Waals surface area (Å²) in [5.41, 5.74) is 5.41. The third-order valence-corrected chi connectivity index (χ3v) is 2.39. The summed E-state index contributed by atoms with van der Waals surface area (Å²) >= 11 is 5.75. The molecule has 5 heteroatoms. The number of carbonyl (C=O) groups is 1. The molecule has 0 radical (unpaired) electrons. The molecule has 16 heavy (non-hydrogen) atoms. The number of primary amides is 1. The van der Waals surface area contributed by atoms with Crippen molar-refractivity contribution in [1.29, 1.82) is 0 Å². The van der Waals surface area contributed by atoms with E-state index in [4.69, 9.17) is 17.3 Å². The van der Waals surface area contributed by atoms with E-state index in [0.717, 1.165) is 6.42 Å². The molecule has 0 aliphatic heterocycles. The fraction of sp³-hybridized carbons (Fsp3) is 0.364.